The van der Waals surface area contributed by atoms with Crippen LogP contribution in [0, 0.1) is 6.92 Å². The monoisotopic (exact) mass is 405 g/mol. The fourth-order valence-electron chi connectivity index (χ4n) is 2.29. The molecule has 0 fully saturated rings. The highest BCUT2D eigenvalue weighted by atomic mass is 35.5. The van der Waals surface area contributed by atoms with Crippen molar-refractivity contribution in [1.82, 2.24) is 15.1 Å². The number of carbonyl (C=O) groups excluding carboxylic acids is 3. The molecule has 28 heavy (non-hydrogen) atoms. The van der Waals surface area contributed by atoms with Gasteiger partial charge in [-0.2, -0.15) is 5.10 Å². The number of amides is 2. The number of carbonyl (C=O) groups is 3. The van der Waals surface area contributed by atoms with Crippen molar-refractivity contribution >= 4 is 35.6 Å². The van der Waals surface area contributed by atoms with Crippen molar-refractivity contribution in [1.29, 1.82) is 0 Å². The van der Waals surface area contributed by atoms with Crippen molar-refractivity contribution in [2.75, 3.05) is 7.11 Å². The number of methoxy groups -OCH3 is 1. The summed E-state index contributed by atoms with van der Waals surface area (Å²) in [6, 6.07) is 9.69. The second-order valence-electron chi connectivity index (χ2n) is 5.83. The van der Waals surface area contributed by atoms with Crippen molar-refractivity contribution in [3.63, 3.8) is 0 Å². The molecule has 1 aromatic heterocycles. The van der Waals surface area contributed by atoms with E-state index in [2.05, 4.69) is 9.84 Å². The molecule has 9 heteroatoms. The topological polar surface area (TPSA) is 99.5 Å². The smallest absolute Gasteiger partial charge is 0.413 e. The van der Waals surface area contributed by atoms with E-state index in [1.807, 2.05) is 35.6 Å². The Morgan fingerprint density at radius 2 is 1.96 bits per heavy atom. The SMILES string of the molecule is COC(=O)NC(=O)[C@H](C)OC(=O)/C=C/c1c(C)nn(Cc2ccccc2)c1Cl. The Morgan fingerprint density at radius 3 is 2.61 bits per heavy atom. The Kier molecular flexibility index (Phi) is 7.34. The number of halogens is 1. The predicted octanol–water partition coefficient (Wildman–Crippen LogP) is 2.72. The number of esters is 1. The van der Waals surface area contributed by atoms with Gasteiger partial charge < -0.3 is 9.47 Å². The van der Waals surface area contributed by atoms with E-state index in [4.69, 9.17) is 16.3 Å². The molecule has 2 amide bonds. The third-order valence-electron chi connectivity index (χ3n) is 3.74. The third-order valence-corrected chi connectivity index (χ3v) is 4.14. The minimum absolute atomic E-state index is 0.377. The molecule has 2 aromatic rings. The maximum Gasteiger partial charge on any atom is 0.413 e. The molecule has 0 unspecified atom stereocenters. The highest BCUT2D eigenvalue weighted by Crippen LogP contribution is 2.22. The van der Waals surface area contributed by atoms with Crippen LogP contribution in [0.5, 0.6) is 0 Å². The summed E-state index contributed by atoms with van der Waals surface area (Å²) in [5, 5.41) is 6.67. The third kappa shape index (κ3) is 5.68. The molecule has 1 N–H and O–H groups in total. The Labute approximate surface area is 167 Å². The minimum Gasteiger partial charge on any atom is -0.453 e. The summed E-state index contributed by atoms with van der Waals surface area (Å²) in [5.41, 5.74) is 2.25. The second-order valence-corrected chi connectivity index (χ2v) is 6.18. The maximum atomic E-state index is 11.9. The first kappa shape index (κ1) is 21.2. The molecule has 0 radical (unpaired) electrons. The summed E-state index contributed by atoms with van der Waals surface area (Å²) in [6.45, 7) is 3.59. The lowest BCUT2D eigenvalue weighted by atomic mass is 10.2. The molecule has 0 saturated heterocycles. The van der Waals surface area contributed by atoms with Gasteiger partial charge in [0.2, 0.25) is 0 Å². The van der Waals surface area contributed by atoms with Crippen molar-refractivity contribution in [3.05, 3.63) is 58.4 Å². The number of hydrogen-bond donors (Lipinski definition) is 1. The molecule has 1 heterocycles. The molecule has 0 aliphatic heterocycles. The number of hydrogen-bond acceptors (Lipinski definition) is 6. The largest absolute Gasteiger partial charge is 0.453 e. The van der Waals surface area contributed by atoms with E-state index >= 15 is 0 Å². The quantitative estimate of drug-likeness (QED) is 0.586. The van der Waals surface area contributed by atoms with E-state index in [1.165, 1.54) is 13.0 Å². The number of nitrogens with zero attached hydrogens (tertiary/aromatic N) is 2. The van der Waals surface area contributed by atoms with Gasteiger partial charge in [0.05, 0.1) is 19.3 Å². The predicted molar refractivity (Wildman–Crippen MR) is 103 cm³/mol. The van der Waals surface area contributed by atoms with Crippen LogP contribution in [-0.2, 0) is 25.6 Å². The molecule has 0 spiro atoms. The molecule has 148 valence electrons. The lowest BCUT2D eigenvalue weighted by molar-refractivity contribution is -0.149. The molecular weight excluding hydrogens is 386 g/mol. The summed E-state index contributed by atoms with van der Waals surface area (Å²) >= 11 is 6.37. The minimum atomic E-state index is -1.17. The molecule has 0 bridgehead atoms. The van der Waals surface area contributed by atoms with Gasteiger partial charge in [0.15, 0.2) is 6.10 Å². The zero-order valence-electron chi connectivity index (χ0n) is 15.6. The van der Waals surface area contributed by atoms with Crippen LogP contribution in [0.4, 0.5) is 4.79 Å². The standard InChI is InChI=1S/C19H20ClN3O5/c1-12-15(17(20)23(22-12)11-14-7-5-4-6-8-14)9-10-16(24)28-13(2)18(25)21-19(26)27-3/h4-10,13H,11H2,1-3H3,(H,21,25,26)/b10-9+/t13-/m0/s1. The van der Waals surface area contributed by atoms with Gasteiger partial charge in [0.1, 0.15) is 5.15 Å². The van der Waals surface area contributed by atoms with Crippen LogP contribution in [0.3, 0.4) is 0 Å². The van der Waals surface area contributed by atoms with E-state index in [9.17, 15) is 14.4 Å². The Hall–Kier alpha value is -3.13. The molecule has 0 aliphatic carbocycles. The zero-order valence-corrected chi connectivity index (χ0v) is 16.4. The van der Waals surface area contributed by atoms with E-state index in [0.29, 0.717) is 23.0 Å². The average molecular weight is 406 g/mol. The van der Waals surface area contributed by atoms with Crippen molar-refractivity contribution in [2.24, 2.45) is 0 Å². The zero-order chi connectivity index (χ0) is 20.7. The lowest BCUT2D eigenvalue weighted by Gasteiger charge is -2.10. The van der Waals surface area contributed by atoms with Crippen LogP contribution >= 0.6 is 11.6 Å². The molecule has 1 aromatic carbocycles. The molecule has 2 rings (SSSR count). The van der Waals surface area contributed by atoms with Crippen LogP contribution in [0.1, 0.15) is 23.7 Å². The second kappa shape index (κ2) is 9.70. The van der Waals surface area contributed by atoms with Crippen LogP contribution in [0.25, 0.3) is 6.08 Å². The normalized spacial score (nSPS) is 11.9. The van der Waals surface area contributed by atoms with Gasteiger partial charge >= 0.3 is 12.1 Å². The molecule has 8 nitrogen and oxygen atoms in total. The summed E-state index contributed by atoms with van der Waals surface area (Å²) in [4.78, 5) is 34.6. The number of aryl methyl sites for hydroxylation is 1. The maximum absolute atomic E-state index is 11.9. The van der Waals surface area contributed by atoms with Gasteiger partial charge in [-0.1, -0.05) is 41.9 Å². The van der Waals surface area contributed by atoms with Crippen molar-refractivity contribution in [2.45, 2.75) is 26.5 Å². The van der Waals surface area contributed by atoms with Gasteiger partial charge in [-0.3, -0.25) is 10.1 Å². The summed E-state index contributed by atoms with van der Waals surface area (Å²) in [6.07, 6.45) is 0.509. The Balaban J connectivity index is 2.02. The highest BCUT2D eigenvalue weighted by Gasteiger charge is 2.19. The number of rotatable bonds is 6. The van der Waals surface area contributed by atoms with Crippen molar-refractivity contribution < 1.29 is 23.9 Å². The fraction of sp³-hybridized carbons (Fsp3) is 0.263. The summed E-state index contributed by atoms with van der Waals surface area (Å²) < 4.78 is 10.9. The van der Waals surface area contributed by atoms with Crippen LogP contribution in [-0.4, -0.2) is 41.0 Å². The van der Waals surface area contributed by atoms with Gasteiger partial charge in [0, 0.05) is 11.6 Å². The van der Waals surface area contributed by atoms with E-state index < -0.39 is 24.1 Å². The Bertz CT molecular complexity index is 892. The number of aromatic nitrogens is 2. The lowest BCUT2D eigenvalue weighted by Crippen LogP contribution is -2.39. The van der Waals surface area contributed by atoms with Crippen LogP contribution in [0.2, 0.25) is 5.15 Å². The number of alkyl carbamates (subject to hydrolysis) is 1. The van der Waals surface area contributed by atoms with Crippen LogP contribution < -0.4 is 5.32 Å². The number of benzene rings is 1. The van der Waals surface area contributed by atoms with Crippen molar-refractivity contribution in [3.8, 4) is 0 Å². The van der Waals surface area contributed by atoms with Gasteiger partial charge in [0.25, 0.3) is 5.91 Å². The first-order valence-electron chi connectivity index (χ1n) is 8.36. The first-order valence-corrected chi connectivity index (χ1v) is 8.74. The molecular formula is C19H20ClN3O5. The van der Waals surface area contributed by atoms with E-state index in [0.717, 1.165) is 18.7 Å². The Morgan fingerprint density at radius 1 is 1.29 bits per heavy atom. The molecule has 0 saturated carbocycles. The van der Waals surface area contributed by atoms with Gasteiger partial charge in [-0.15, -0.1) is 0 Å². The number of nitrogens with one attached hydrogen (secondary N) is 1. The molecule has 1 atom stereocenters. The highest BCUT2D eigenvalue weighted by molar-refractivity contribution is 6.31. The van der Waals surface area contributed by atoms with Gasteiger partial charge in [-0.25, -0.2) is 14.3 Å². The van der Waals surface area contributed by atoms with Crippen LogP contribution in [0.15, 0.2) is 36.4 Å². The number of imide groups is 1. The van der Waals surface area contributed by atoms with E-state index in [1.54, 1.807) is 11.6 Å². The first-order chi connectivity index (χ1) is 13.3. The van der Waals surface area contributed by atoms with E-state index in [-0.39, 0.29) is 0 Å². The molecule has 0 aliphatic rings. The van der Waals surface area contributed by atoms with Gasteiger partial charge in [-0.05, 0) is 25.5 Å². The fourth-order valence-corrected chi connectivity index (χ4v) is 2.59. The summed E-state index contributed by atoms with van der Waals surface area (Å²) in [7, 11) is 1.12. The average Bonchev–Trinajstić information content (AvgIpc) is 2.93. The summed E-state index contributed by atoms with van der Waals surface area (Å²) in [5.74, 6) is -1.56. The number of ether oxygens (including phenoxy) is 2.